The maximum Gasteiger partial charge on any atom is 0.344 e. The highest BCUT2D eigenvalue weighted by molar-refractivity contribution is 6.06. The van der Waals surface area contributed by atoms with Crippen molar-refractivity contribution < 1.29 is 28.2 Å². The minimum Gasteiger partial charge on any atom is -0.507 e. The van der Waals surface area contributed by atoms with Crippen LogP contribution >= 0.6 is 0 Å². The first-order valence-electron chi connectivity index (χ1n) is 10.2. The largest absolute Gasteiger partial charge is 0.507 e. The number of carbonyl (C=O) groups excluding carboxylic acids is 2. The minimum atomic E-state index is -1.15. The lowest BCUT2D eigenvalue weighted by atomic mass is 9.63. The number of fused-ring (bicyclic) bond motifs is 1. The van der Waals surface area contributed by atoms with Gasteiger partial charge in [0.1, 0.15) is 22.9 Å². The second kappa shape index (κ2) is 7.94. The van der Waals surface area contributed by atoms with Crippen molar-refractivity contribution >= 4 is 17.6 Å². The van der Waals surface area contributed by atoms with Gasteiger partial charge in [-0.15, -0.1) is 0 Å². The molecule has 2 N–H and O–H groups in total. The number of esters is 1. The highest BCUT2D eigenvalue weighted by Gasteiger charge is 2.38. The molecule has 0 spiro atoms. The van der Waals surface area contributed by atoms with Gasteiger partial charge in [0.2, 0.25) is 0 Å². The summed E-state index contributed by atoms with van der Waals surface area (Å²) in [6.07, 6.45) is 1.87. The number of aromatic hydroxyl groups is 1. The van der Waals surface area contributed by atoms with Crippen molar-refractivity contribution in [2.24, 2.45) is 0 Å². The Hall–Kier alpha value is -2.96. The van der Waals surface area contributed by atoms with Gasteiger partial charge in [-0.2, -0.15) is 0 Å². The summed E-state index contributed by atoms with van der Waals surface area (Å²) >= 11 is 0. The fraction of sp³-hybridized carbons (Fsp3) is 0.417. The second-order valence-corrected chi connectivity index (χ2v) is 9.17. The third-order valence-electron chi connectivity index (χ3n) is 5.99. The Labute approximate surface area is 180 Å². The topological polar surface area (TPSA) is 75.6 Å². The van der Waals surface area contributed by atoms with Gasteiger partial charge in [-0.3, -0.25) is 4.79 Å². The quantitative estimate of drug-likeness (QED) is 0.632. The fourth-order valence-corrected chi connectivity index (χ4v) is 4.03. The summed E-state index contributed by atoms with van der Waals surface area (Å²) in [5, 5.41) is 12.9. The van der Waals surface area contributed by atoms with E-state index in [2.05, 4.69) is 37.7 Å². The predicted molar refractivity (Wildman–Crippen MR) is 114 cm³/mol. The molecule has 0 unspecified atom stereocenters. The van der Waals surface area contributed by atoms with Crippen molar-refractivity contribution in [1.82, 2.24) is 0 Å². The second-order valence-electron chi connectivity index (χ2n) is 9.17. The molecule has 0 aliphatic heterocycles. The lowest BCUT2D eigenvalue weighted by Gasteiger charge is -2.42. The molecule has 7 heteroatoms. The van der Waals surface area contributed by atoms with E-state index in [1.807, 2.05) is 0 Å². The number of phenols is 1. The number of phenolic OH excluding ortho intramolecular Hbond substituents is 1. The van der Waals surface area contributed by atoms with Crippen molar-refractivity contribution in [3.8, 4) is 5.75 Å². The van der Waals surface area contributed by atoms with E-state index in [0.717, 1.165) is 36.1 Å². The number of hydrogen-bond acceptors (Lipinski definition) is 4. The minimum absolute atomic E-state index is 0.0137. The molecule has 0 atom stereocenters. The predicted octanol–water partition coefficient (Wildman–Crippen LogP) is 5.45. The zero-order chi connectivity index (χ0) is 23.1. The number of hydrogen-bond donors (Lipinski definition) is 2. The molecule has 0 saturated heterocycles. The van der Waals surface area contributed by atoms with E-state index in [0.29, 0.717) is 0 Å². The molecule has 0 aromatic heterocycles. The van der Waals surface area contributed by atoms with Crippen LogP contribution in [-0.4, -0.2) is 23.6 Å². The highest BCUT2D eigenvalue weighted by atomic mass is 19.1. The number of benzene rings is 2. The number of halogens is 2. The zero-order valence-electron chi connectivity index (χ0n) is 18.4. The van der Waals surface area contributed by atoms with Crippen LogP contribution in [0.3, 0.4) is 0 Å². The average Bonchev–Trinajstić information content (AvgIpc) is 2.65. The van der Waals surface area contributed by atoms with E-state index in [1.165, 1.54) is 6.92 Å². The number of ether oxygens (including phenoxy) is 1. The van der Waals surface area contributed by atoms with Gasteiger partial charge in [0, 0.05) is 5.69 Å². The molecule has 2 aromatic carbocycles. The van der Waals surface area contributed by atoms with Gasteiger partial charge < -0.3 is 15.2 Å². The third kappa shape index (κ3) is 4.27. The first-order chi connectivity index (χ1) is 14.4. The Morgan fingerprint density at radius 2 is 1.52 bits per heavy atom. The molecule has 0 saturated carbocycles. The normalized spacial score (nSPS) is 16.4. The summed E-state index contributed by atoms with van der Waals surface area (Å²) in [6.45, 7) is 9.85. The Kier molecular flexibility index (Phi) is 5.82. The van der Waals surface area contributed by atoms with Crippen LogP contribution in [0.2, 0.25) is 0 Å². The van der Waals surface area contributed by atoms with Crippen molar-refractivity contribution in [1.29, 1.82) is 0 Å². The monoisotopic (exact) mass is 431 g/mol. The van der Waals surface area contributed by atoms with Gasteiger partial charge in [-0.1, -0.05) is 27.7 Å². The molecule has 31 heavy (non-hydrogen) atoms. The number of rotatable bonds is 4. The van der Waals surface area contributed by atoms with Crippen molar-refractivity contribution in [2.45, 2.75) is 58.3 Å². The Bertz CT molecular complexity index is 1040. The van der Waals surface area contributed by atoms with Crippen molar-refractivity contribution in [3.05, 3.63) is 58.2 Å². The van der Waals surface area contributed by atoms with Gasteiger partial charge in [-0.25, -0.2) is 13.6 Å². The summed E-state index contributed by atoms with van der Waals surface area (Å²) in [6, 6.07) is 4.95. The fourth-order valence-electron chi connectivity index (χ4n) is 4.03. The first-order valence-corrected chi connectivity index (χ1v) is 10.2. The van der Waals surface area contributed by atoms with Gasteiger partial charge >= 0.3 is 5.97 Å². The van der Waals surface area contributed by atoms with Crippen molar-refractivity contribution in [2.75, 3.05) is 11.9 Å². The Morgan fingerprint density at radius 3 is 2.03 bits per heavy atom. The SMILES string of the molecule is CCOC(=O)c1c(F)cc(NC(=O)c2cc3c(cc2O)C(C)(C)CCC3(C)C)cc1F. The van der Waals surface area contributed by atoms with Gasteiger partial charge in [0.15, 0.2) is 0 Å². The molecule has 0 fully saturated rings. The third-order valence-corrected chi connectivity index (χ3v) is 5.99. The van der Waals surface area contributed by atoms with Crippen LogP contribution < -0.4 is 5.32 Å². The smallest absolute Gasteiger partial charge is 0.344 e. The molecule has 1 aliphatic carbocycles. The van der Waals surface area contributed by atoms with Crippen LogP contribution in [0.5, 0.6) is 5.75 Å². The molecule has 1 aliphatic rings. The molecule has 0 heterocycles. The molecule has 1 amide bonds. The Balaban J connectivity index is 1.96. The molecule has 166 valence electrons. The van der Waals surface area contributed by atoms with Crippen LogP contribution in [0.15, 0.2) is 24.3 Å². The molecule has 2 aromatic rings. The lowest BCUT2D eigenvalue weighted by molar-refractivity contribution is 0.0515. The number of carbonyl (C=O) groups is 2. The summed E-state index contributed by atoms with van der Waals surface area (Å²) in [7, 11) is 0. The van der Waals surface area contributed by atoms with Crippen LogP contribution in [-0.2, 0) is 15.6 Å². The molecule has 3 rings (SSSR count). The van der Waals surface area contributed by atoms with E-state index < -0.39 is 29.1 Å². The molecule has 0 bridgehead atoms. The molecular weight excluding hydrogens is 404 g/mol. The molecular formula is C24H27F2NO4. The summed E-state index contributed by atoms with van der Waals surface area (Å²) in [4.78, 5) is 24.5. The van der Waals surface area contributed by atoms with Gasteiger partial charge in [0.05, 0.1) is 12.2 Å². The van der Waals surface area contributed by atoms with Crippen LogP contribution in [0.25, 0.3) is 0 Å². The molecule has 0 radical (unpaired) electrons. The van der Waals surface area contributed by atoms with Crippen LogP contribution in [0, 0.1) is 11.6 Å². The Morgan fingerprint density at radius 1 is 1.00 bits per heavy atom. The van der Waals surface area contributed by atoms with Crippen LogP contribution in [0.4, 0.5) is 14.5 Å². The molecule has 5 nitrogen and oxygen atoms in total. The summed E-state index contributed by atoms with van der Waals surface area (Å²) in [5.74, 6) is -4.32. The van der Waals surface area contributed by atoms with Gasteiger partial charge in [-0.05, 0) is 66.0 Å². The van der Waals surface area contributed by atoms with E-state index in [4.69, 9.17) is 0 Å². The van der Waals surface area contributed by atoms with Crippen molar-refractivity contribution in [3.63, 3.8) is 0 Å². The maximum atomic E-state index is 14.3. The van der Waals surface area contributed by atoms with E-state index in [9.17, 15) is 23.5 Å². The average molecular weight is 431 g/mol. The maximum absolute atomic E-state index is 14.3. The zero-order valence-corrected chi connectivity index (χ0v) is 18.4. The summed E-state index contributed by atoms with van der Waals surface area (Å²) in [5.41, 5.74) is 0.625. The highest BCUT2D eigenvalue weighted by Crippen LogP contribution is 2.47. The van der Waals surface area contributed by atoms with E-state index in [-0.39, 0.29) is 34.4 Å². The van der Waals surface area contributed by atoms with Crippen LogP contribution in [0.1, 0.15) is 79.3 Å². The number of nitrogens with one attached hydrogen (secondary N) is 1. The standard InChI is InChI=1S/C24H27F2NO4/c1-6-31-22(30)20-17(25)9-13(10-18(20)26)27-21(29)14-11-15-16(12-19(14)28)24(4,5)8-7-23(15,2)3/h9-12,28H,6-8H2,1-5H3,(H,27,29). The van der Waals surface area contributed by atoms with E-state index >= 15 is 0 Å². The number of amides is 1. The van der Waals surface area contributed by atoms with Gasteiger partial charge in [0.25, 0.3) is 5.91 Å². The summed E-state index contributed by atoms with van der Waals surface area (Å²) < 4.78 is 33.2. The first kappa shape index (κ1) is 22.7. The van der Waals surface area contributed by atoms with E-state index in [1.54, 1.807) is 12.1 Å². The lowest BCUT2D eigenvalue weighted by Crippen LogP contribution is -2.34. The number of anilines is 1.